The van der Waals surface area contributed by atoms with Crippen molar-refractivity contribution in [2.75, 3.05) is 0 Å². The van der Waals surface area contributed by atoms with Crippen molar-refractivity contribution in [3.8, 4) is 0 Å². The van der Waals surface area contributed by atoms with Crippen LogP contribution in [0.2, 0.25) is 0 Å². The summed E-state index contributed by atoms with van der Waals surface area (Å²) in [5, 5.41) is 0. The monoisotopic (exact) mass is 132 g/mol. The van der Waals surface area contributed by atoms with Gasteiger partial charge in [-0.1, -0.05) is 30.3 Å². The molecule has 48 valence electrons. The molecule has 0 unspecified atom stereocenters. The van der Waals surface area contributed by atoms with Gasteiger partial charge in [-0.15, -0.1) is 0 Å². The molecule has 0 aliphatic heterocycles. The number of hydrogen-bond donors (Lipinski definition) is 0. The van der Waals surface area contributed by atoms with Gasteiger partial charge in [0.25, 0.3) is 0 Å². The first kappa shape index (κ1) is 3.71. The summed E-state index contributed by atoms with van der Waals surface area (Å²) in [7, 11) is 0. The van der Waals surface area contributed by atoms with E-state index in [0.717, 1.165) is 0 Å². The van der Waals surface area contributed by atoms with Gasteiger partial charge in [-0.05, 0) is 11.6 Å². The van der Waals surface area contributed by atoms with Gasteiger partial charge in [0.15, 0.2) is 5.78 Å². The van der Waals surface area contributed by atoms with Gasteiger partial charge in [0, 0.05) is 5.56 Å². The SMILES string of the molecule is [2H]C1=C([2H])c2ccccc2C1=O. The van der Waals surface area contributed by atoms with E-state index in [1.54, 1.807) is 24.3 Å². The number of carbonyl (C=O) groups is 1. The van der Waals surface area contributed by atoms with Crippen molar-refractivity contribution >= 4 is 11.8 Å². The second-order valence-electron chi connectivity index (χ2n) is 2.12. The lowest BCUT2D eigenvalue weighted by atomic mass is 10.1. The first-order valence-electron chi connectivity index (χ1n) is 4.03. The average molecular weight is 132 g/mol. The Labute approximate surface area is 61.8 Å². The quantitative estimate of drug-likeness (QED) is 0.527. The topological polar surface area (TPSA) is 17.1 Å². The molecule has 1 nitrogen and oxygen atoms in total. The van der Waals surface area contributed by atoms with Gasteiger partial charge in [0.05, 0.1) is 2.74 Å². The van der Waals surface area contributed by atoms with Crippen molar-refractivity contribution < 1.29 is 7.54 Å². The third-order valence-corrected chi connectivity index (χ3v) is 1.48. The normalized spacial score (nSPS) is 18.6. The molecule has 0 spiro atoms. The molecule has 0 heterocycles. The molecule has 1 aliphatic carbocycles. The average Bonchev–Trinajstić information content (AvgIpc) is 2.33. The molecule has 0 radical (unpaired) electrons. The van der Waals surface area contributed by atoms with E-state index in [9.17, 15) is 4.79 Å². The number of allylic oxidation sites excluding steroid dienone is 1. The second kappa shape index (κ2) is 1.81. The van der Waals surface area contributed by atoms with E-state index < -0.39 is 0 Å². The molecule has 0 aromatic heterocycles. The van der Waals surface area contributed by atoms with Crippen LogP contribution in [-0.2, 0) is 0 Å². The maximum atomic E-state index is 11.2. The zero-order valence-corrected chi connectivity index (χ0v) is 5.22. The summed E-state index contributed by atoms with van der Waals surface area (Å²) in [5.74, 6) is -0.337. The first-order chi connectivity index (χ1) is 5.72. The molecule has 10 heavy (non-hydrogen) atoms. The van der Waals surface area contributed by atoms with Gasteiger partial charge in [-0.3, -0.25) is 4.79 Å². The van der Waals surface area contributed by atoms with Gasteiger partial charge in [-0.25, -0.2) is 0 Å². The lowest BCUT2D eigenvalue weighted by molar-refractivity contribution is 0.105. The molecule has 1 aliphatic rings. The maximum absolute atomic E-state index is 11.2. The van der Waals surface area contributed by atoms with Crippen LogP contribution < -0.4 is 0 Å². The summed E-state index contributed by atoms with van der Waals surface area (Å²) < 4.78 is 14.7. The Hall–Kier alpha value is -1.37. The van der Waals surface area contributed by atoms with Crippen LogP contribution in [0.15, 0.2) is 30.3 Å². The summed E-state index contributed by atoms with van der Waals surface area (Å²) in [5.41, 5.74) is 1.06. The van der Waals surface area contributed by atoms with Crippen molar-refractivity contribution in [2.24, 2.45) is 0 Å². The Morgan fingerprint density at radius 1 is 1.20 bits per heavy atom. The lowest BCUT2D eigenvalue weighted by Crippen LogP contribution is -1.89. The zero-order chi connectivity index (χ0) is 8.72. The van der Waals surface area contributed by atoms with E-state index in [1.807, 2.05) is 0 Å². The number of ketones is 1. The van der Waals surface area contributed by atoms with Crippen LogP contribution >= 0.6 is 0 Å². The third kappa shape index (κ3) is 0.605. The van der Waals surface area contributed by atoms with E-state index in [4.69, 9.17) is 2.74 Å². The van der Waals surface area contributed by atoms with Crippen molar-refractivity contribution in [1.82, 2.24) is 0 Å². The molecule has 0 atom stereocenters. The Morgan fingerprint density at radius 2 is 2.00 bits per heavy atom. The Bertz CT molecular complexity index is 393. The highest BCUT2D eigenvalue weighted by molar-refractivity contribution is 6.13. The number of fused-ring (bicyclic) bond motifs is 1. The molecular weight excluding hydrogens is 124 g/mol. The molecule has 0 N–H and O–H groups in total. The highest BCUT2D eigenvalue weighted by atomic mass is 16.1. The second-order valence-corrected chi connectivity index (χ2v) is 2.12. The van der Waals surface area contributed by atoms with Crippen LogP contribution in [0.4, 0.5) is 0 Å². The molecule has 1 aromatic carbocycles. The van der Waals surface area contributed by atoms with Crippen molar-refractivity contribution in [3.63, 3.8) is 0 Å². The molecule has 0 bridgehead atoms. The van der Waals surface area contributed by atoms with Crippen molar-refractivity contribution in [2.45, 2.75) is 0 Å². The van der Waals surface area contributed by atoms with E-state index >= 15 is 0 Å². The fraction of sp³-hybridized carbons (Fsp3) is 0. The smallest absolute Gasteiger partial charge is 0.186 e. The predicted molar refractivity (Wildman–Crippen MR) is 39.8 cm³/mol. The Morgan fingerprint density at radius 3 is 2.80 bits per heavy atom. The Balaban J connectivity index is 2.73. The zero-order valence-electron chi connectivity index (χ0n) is 7.22. The van der Waals surface area contributed by atoms with Crippen LogP contribution in [0.1, 0.15) is 18.7 Å². The van der Waals surface area contributed by atoms with E-state index in [2.05, 4.69) is 0 Å². The van der Waals surface area contributed by atoms with E-state index in [1.165, 1.54) is 0 Å². The largest absolute Gasteiger partial charge is 0.289 e. The van der Waals surface area contributed by atoms with Crippen molar-refractivity contribution in [1.29, 1.82) is 0 Å². The summed E-state index contributed by atoms with van der Waals surface area (Å²) >= 11 is 0. The molecule has 0 fully saturated rings. The summed E-state index contributed by atoms with van der Waals surface area (Å²) in [6.45, 7) is 0. The highest BCUT2D eigenvalue weighted by Crippen LogP contribution is 2.17. The minimum absolute atomic E-state index is 0.0376. The molecule has 1 heteroatoms. The summed E-state index contributed by atoms with van der Waals surface area (Å²) in [6.07, 6.45) is 0. The molecule has 0 saturated carbocycles. The van der Waals surface area contributed by atoms with Gasteiger partial charge in [0.1, 0.15) is 0 Å². The van der Waals surface area contributed by atoms with Crippen LogP contribution in [0, 0.1) is 0 Å². The number of benzene rings is 1. The number of rotatable bonds is 0. The minimum atomic E-state index is -0.337. The molecular formula is C9H6O. The Kier molecular flexibility index (Phi) is 0.671. The van der Waals surface area contributed by atoms with Crippen LogP contribution in [0.5, 0.6) is 0 Å². The van der Waals surface area contributed by atoms with Crippen LogP contribution in [-0.4, -0.2) is 5.78 Å². The molecule has 1 aromatic rings. The maximum Gasteiger partial charge on any atom is 0.186 e. The van der Waals surface area contributed by atoms with E-state index in [-0.39, 0.29) is 17.9 Å². The number of hydrogen-bond acceptors (Lipinski definition) is 1. The third-order valence-electron chi connectivity index (χ3n) is 1.48. The lowest BCUT2D eigenvalue weighted by Gasteiger charge is -1.92. The van der Waals surface area contributed by atoms with Gasteiger partial charge in [-0.2, -0.15) is 0 Å². The predicted octanol–water partition coefficient (Wildman–Crippen LogP) is 1.90. The van der Waals surface area contributed by atoms with Crippen LogP contribution in [0.3, 0.4) is 0 Å². The van der Waals surface area contributed by atoms with Gasteiger partial charge >= 0.3 is 0 Å². The van der Waals surface area contributed by atoms with Gasteiger partial charge in [0.2, 0.25) is 0 Å². The fourth-order valence-corrected chi connectivity index (χ4v) is 0.982. The van der Waals surface area contributed by atoms with Crippen molar-refractivity contribution in [3.05, 3.63) is 41.4 Å². The highest BCUT2D eigenvalue weighted by Gasteiger charge is 2.10. The minimum Gasteiger partial charge on any atom is -0.289 e. The first-order valence-corrected chi connectivity index (χ1v) is 3.03. The summed E-state index contributed by atoms with van der Waals surface area (Å²) in [6, 6.07) is 6.68. The molecule has 0 amide bonds. The molecule has 2 rings (SSSR count). The fourth-order valence-electron chi connectivity index (χ4n) is 0.982. The van der Waals surface area contributed by atoms with Gasteiger partial charge < -0.3 is 0 Å². The van der Waals surface area contributed by atoms with E-state index in [0.29, 0.717) is 11.1 Å². The molecule has 0 saturated heterocycles. The summed E-state index contributed by atoms with van der Waals surface area (Å²) in [4.78, 5) is 11.2. The number of carbonyl (C=O) groups excluding carboxylic acids is 1. The van der Waals surface area contributed by atoms with Crippen LogP contribution in [0.25, 0.3) is 6.05 Å². The standard InChI is InChI=1S/C9H6O/c10-9-6-5-7-3-1-2-4-8(7)9/h1-6H/i5D,6D.